The van der Waals surface area contributed by atoms with E-state index in [9.17, 15) is 9.59 Å². The predicted octanol–water partition coefficient (Wildman–Crippen LogP) is 1.31. The van der Waals surface area contributed by atoms with Crippen LogP contribution in [0.3, 0.4) is 0 Å². The average Bonchev–Trinajstić information content (AvgIpc) is 2.37. The summed E-state index contributed by atoms with van der Waals surface area (Å²) in [4.78, 5) is 22.6. The minimum Gasteiger partial charge on any atom is -0.478 e. The van der Waals surface area contributed by atoms with Gasteiger partial charge in [-0.3, -0.25) is 4.79 Å². The molecule has 1 aliphatic carbocycles. The molecule has 2 rings (SSSR count). The molecule has 5 nitrogen and oxygen atoms in total. The molecule has 1 aromatic rings. The highest BCUT2D eigenvalue weighted by Crippen LogP contribution is 2.31. The van der Waals surface area contributed by atoms with E-state index in [1.807, 2.05) is 6.07 Å². The maximum absolute atomic E-state index is 11.7. The summed E-state index contributed by atoms with van der Waals surface area (Å²) in [7, 11) is 0. The number of rotatable bonds is 6. The van der Waals surface area contributed by atoms with Gasteiger partial charge in [-0.15, -0.1) is 0 Å². The van der Waals surface area contributed by atoms with E-state index in [-0.39, 0.29) is 17.0 Å². The number of benzene rings is 1. The highest BCUT2D eigenvalue weighted by molar-refractivity contribution is 5.87. The van der Waals surface area contributed by atoms with Crippen molar-refractivity contribution in [2.24, 2.45) is 5.73 Å². The van der Waals surface area contributed by atoms with Crippen LogP contribution >= 0.6 is 0 Å². The van der Waals surface area contributed by atoms with E-state index in [1.165, 1.54) is 0 Å². The van der Waals surface area contributed by atoms with Gasteiger partial charge in [0.05, 0.1) is 5.56 Å². The molecular formula is C15H20N2O3. The summed E-state index contributed by atoms with van der Waals surface area (Å²) in [6, 6.07) is 6.75. The van der Waals surface area contributed by atoms with Crippen LogP contribution in [0.15, 0.2) is 24.3 Å². The Morgan fingerprint density at radius 3 is 2.70 bits per heavy atom. The number of hydrogen-bond acceptors (Lipinski definition) is 3. The monoisotopic (exact) mass is 276 g/mol. The second-order valence-corrected chi connectivity index (χ2v) is 5.50. The van der Waals surface area contributed by atoms with Crippen LogP contribution in [0, 0.1) is 0 Å². The molecule has 0 atom stereocenters. The molecule has 0 aromatic heterocycles. The summed E-state index contributed by atoms with van der Waals surface area (Å²) in [6.07, 6.45) is 3.93. The molecule has 0 aliphatic heterocycles. The molecule has 0 spiro atoms. The minimum atomic E-state index is -0.939. The Bertz CT molecular complexity index is 510. The molecule has 1 aromatic carbocycles. The van der Waals surface area contributed by atoms with Crippen molar-refractivity contribution in [3.8, 4) is 0 Å². The van der Waals surface area contributed by atoms with Crippen molar-refractivity contribution < 1.29 is 14.7 Å². The Balaban J connectivity index is 1.76. The van der Waals surface area contributed by atoms with E-state index in [0.29, 0.717) is 19.4 Å². The Labute approximate surface area is 118 Å². The van der Waals surface area contributed by atoms with Crippen LogP contribution in [-0.4, -0.2) is 29.1 Å². The van der Waals surface area contributed by atoms with E-state index in [1.54, 1.807) is 18.2 Å². The lowest BCUT2D eigenvalue weighted by atomic mass is 9.75. The number of amides is 1. The zero-order chi connectivity index (χ0) is 14.6. The number of carbonyl (C=O) groups excluding carboxylic acids is 1. The van der Waals surface area contributed by atoms with Crippen molar-refractivity contribution in [2.45, 2.75) is 37.6 Å². The molecule has 108 valence electrons. The number of nitrogens with two attached hydrogens (primary N) is 1. The van der Waals surface area contributed by atoms with Gasteiger partial charge in [-0.2, -0.15) is 0 Å². The standard InChI is InChI=1S/C15H20N2O3/c16-15(6-2-7-15)10-13(18)17-8-5-11-3-1-4-12(9-11)14(19)20/h1,3-4,9H,2,5-8,10,16H2,(H,17,18)(H,19,20). The summed E-state index contributed by atoms with van der Waals surface area (Å²) in [5.41, 5.74) is 6.88. The molecule has 5 heteroatoms. The lowest BCUT2D eigenvalue weighted by Crippen LogP contribution is -2.50. The van der Waals surface area contributed by atoms with Crippen molar-refractivity contribution in [3.63, 3.8) is 0 Å². The number of carboxylic acids is 1. The lowest BCUT2D eigenvalue weighted by molar-refractivity contribution is -0.122. The van der Waals surface area contributed by atoms with Crippen LogP contribution in [0.4, 0.5) is 0 Å². The van der Waals surface area contributed by atoms with Crippen LogP contribution in [0.25, 0.3) is 0 Å². The summed E-state index contributed by atoms with van der Waals surface area (Å²) in [6.45, 7) is 0.498. The van der Waals surface area contributed by atoms with Crippen molar-refractivity contribution in [3.05, 3.63) is 35.4 Å². The number of carbonyl (C=O) groups is 2. The number of nitrogens with one attached hydrogen (secondary N) is 1. The number of aromatic carboxylic acids is 1. The number of hydrogen-bond donors (Lipinski definition) is 3. The molecular weight excluding hydrogens is 256 g/mol. The largest absolute Gasteiger partial charge is 0.478 e. The molecule has 0 heterocycles. The highest BCUT2D eigenvalue weighted by atomic mass is 16.4. The van der Waals surface area contributed by atoms with Gasteiger partial charge in [0, 0.05) is 18.5 Å². The summed E-state index contributed by atoms with van der Waals surface area (Å²) < 4.78 is 0. The van der Waals surface area contributed by atoms with Crippen molar-refractivity contribution in [1.82, 2.24) is 5.32 Å². The molecule has 20 heavy (non-hydrogen) atoms. The second-order valence-electron chi connectivity index (χ2n) is 5.50. The van der Waals surface area contributed by atoms with Crippen LogP contribution in [-0.2, 0) is 11.2 Å². The van der Waals surface area contributed by atoms with E-state index in [4.69, 9.17) is 10.8 Å². The van der Waals surface area contributed by atoms with Gasteiger partial charge >= 0.3 is 5.97 Å². The van der Waals surface area contributed by atoms with Gasteiger partial charge in [-0.25, -0.2) is 4.79 Å². The SMILES string of the molecule is NC1(CC(=O)NCCc2cccc(C(=O)O)c2)CCC1. The molecule has 4 N–H and O–H groups in total. The zero-order valence-electron chi connectivity index (χ0n) is 11.4. The molecule has 0 radical (unpaired) electrons. The predicted molar refractivity (Wildman–Crippen MR) is 75.5 cm³/mol. The minimum absolute atomic E-state index is 0.0263. The molecule has 0 bridgehead atoms. The molecule has 1 amide bonds. The normalized spacial score (nSPS) is 16.2. The third-order valence-corrected chi connectivity index (χ3v) is 3.77. The van der Waals surface area contributed by atoms with Gasteiger partial charge in [-0.05, 0) is 43.4 Å². The fraction of sp³-hybridized carbons (Fsp3) is 0.467. The van der Waals surface area contributed by atoms with Gasteiger partial charge in [0.25, 0.3) is 0 Å². The Hall–Kier alpha value is -1.88. The first-order valence-corrected chi connectivity index (χ1v) is 6.86. The molecule has 1 aliphatic rings. The molecule has 0 saturated heterocycles. The highest BCUT2D eigenvalue weighted by Gasteiger charge is 2.34. The van der Waals surface area contributed by atoms with Gasteiger partial charge in [0.2, 0.25) is 5.91 Å². The first-order valence-electron chi connectivity index (χ1n) is 6.86. The van der Waals surface area contributed by atoms with Crippen LogP contribution in [0.2, 0.25) is 0 Å². The molecule has 1 saturated carbocycles. The Morgan fingerprint density at radius 1 is 1.35 bits per heavy atom. The van der Waals surface area contributed by atoms with Gasteiger partial charge in [0.15, 0.2) is 0 Å². The summed E-state index contributed by atoms with van der Waals surface area (Å²) in [5, 5.41) is 11.7. The second kappa shape index (κ2) is 6.05. The topological polar surface area (TPSA) is 92.4 Å². The smallest absolute Gasteiger partial charge is 0.335 e. The van der Waals surface area contributed by atoms with E-state index >= 15 is 0 Å². The fourth-order valence-electron chi connectivity index (χ4n) is 2.40. The van der Waals surface area contributed by atoms with Crippen LogP contribution < -0.4 is 11.1 Å². The molecule has 0 unspecified atom stereocenters. The van der Waals surface area contributed by atoms with E-state index < -0.39 is 5.97 Å². The van der Waals surface area contributed by atoms with E-state index in [2.05, 4.69) is 5.32 Å². The first kappa shape index (κ1) is 14.5. The summed E-state index contributed by atoms with van der Waals surface area (Å²) in [5.74, 6) is -0.965. The lowest BCUT2D eigenvalue weighted by Gasteiger charge is -2.37. The van der Waals surface area contributed by atoms with Gasteiger partial charge in [0.1, 0.15) is 0 Å². The van der Waals surface area contributed by atoms with Crippen LogP contribution in [0.1, 0.15) is 41.6 Å². The third-order valence-electron chi connectivity index (χ3n) is 3.77. The fourth-order valence-corrected chi connectivity index (χ4v) is 2.40. The van der Waals surface area contributed by atoms with Crippen molar-refractivity contribution in [1.29, 1.82) is 0 Å². The first-order chi connectivity index (χ1) is 9.48. The Morgan fingerprint density at radius 2 is 2.10 bits per heavy atom. The number of carboxylic acid groups (broad SMARTS) is 1. The van der Waals surface area contributed by atoms with Crippen molar-refractivity contribution >= 4 is 11.9 Å². The molecule has 1 fully saturated rings. The van der Waals surface area contributed by atoms with Gasteiger partial charge < -0.3 is 16.2 Å². The van der Waals surface area contributed by atoms with Gasteiger partial charge in [-0.1, -0.05) is 12.1 Å². The maximum Gasteiger partial charge on any atom is 0.335 e. The summed E-state index contributed by atoms with van der Waals surface area (Å²) >= 11 is 0. The zero-order valence-corrected chi connectivity index (χ0v) is 11.4. The Kier molecular flexibility index (Phi) is 4.39. The maximum atomic E-state index is 11.7. The quantitative estimate of drug-likeness (QED) is 0.730. The van der Waals surface area contributed by atoms with Crippen LogP contribution in [0.5, 0.6) is 0 Å². The average molecular weight is 276 g/mol. The van der Waals surface area contributed by atoms with Crippen molar-refractivity contribution in [2.75, 3.05) is 6.54 Å². The van der Waals surface area contributed by atoms with E-state index in [0.717, 1.165) is 24.8 Å². The third kappa shape index (κ3) is 3.81.